The minimum Gasteiger partial charge on any atom is -0.348 e. The molecule has 1 aromatic heterocycles. The molecule has 110 valence electrons. The van der Waals surface area contributed by atoms with Crippen LogP contribution in [0.1, 0.15) is 36.0 Å². The third-order valence-corrected chi connectivity index (χ3v) is 4.13. The van der Waals surface area contributed by atoms with Crippen LogP contribution < -0.4 is 16.6 Å². The first-order chi connectivity index (χ1) is 10.1. The smallest absolute Gasteiger partial charge is 0.252 e. The van der Waals surface area contributed by atoms with Crippen molar-refractivity contribution in [2.45, 2.75) is 37.8 Å². The summed E-state index contributed by atoms with van der Waals surface area (Å²) in [6.45, 7) is 0. The van der Waals surface area contributed by atoms with E-state index in [1.807, 2.05) is 18.2 Å². The minimum absolute atomic E-state index is 0.00374. The highest BCUT2D eigenvalue weighted by molar-refractivity contribution is 6.06. The summed E-state index contributed by atoms with van der Waals surface area (Å²) in [5, 5.41) is 3.74. The van der Waals surface area contributed by atoms with Gasteiger partial charge in [-0.1, -0.05) is 31.0 Å². The number of nitrogens with one attached hydrogen (secondary N) is 2. The number of para-hydroxylation sites is 1. The van der Waals surface area contributed by atoms with Crippen molar-refractivity contribution in [2.75, 3.05) is 0 Å². The molecule has 0 spiro atoms. The van der Waals surface area contributed by atoms with Crippen LogP contribution in [-0.4, -0.2) is 23.0 Å². The highest BCUT2D eigenvalue weighted by Gasteiger charge is 2.24. The van der Waals surface area contributed by atoms with Crippen LogP contribution >= 0.6 is 0 Å². The third-order valence-electron chi connectivity index (χ3n) is 4.13. The second-order valence-corrected chi connectivity index (χ2v) is 5.62. The van der Waals surface area contributed by atoms with E-state index in [1.54, 1.807) is 6.07 Å². The summed E-state index contributed by atoms with van der Waals surface area (Å²) in [5.41, 5.74) is 6.87. The van der Waals surface area contributed by atoms with E-state index in [9.17, 15) is 9.59 Å². The molecule has 1 saturated carbocycles. The molecule has 0 radical (unpaired) electrons. The van der Waals surface area contributed by atoms with Crippen molar-refractivity contribution < 1.29 is 4.79 Å². The summed E-state index contributed by atoms with van der Waals surface area (Å²) in [7, 11) is 0. The van der Waals surface area contributed by atoms with Gasteiger partial charge in [-0.2, -0.15) is 0 Å². The van der Waals surface area contributed by atoms with Crippen molar-refractivity contribution in [3.63, 3.8) is 0 Å². The van der Waals surface area contributed by atoms with Gasteiger partial charge in [0.15, 0.2) is 0 Å². The lowest BCUT2D eigenvalue weighted by Gasteiger charge is -2.29. The molecule has 5 heteroatoms. The standard InChI is InChI=1S/C16H19N3O2/c17-12-6-2-4-8-14(12)19-16(21)11-9-15(20)18-13-7-3-1-5-10(11)13/h1,3,5,7,9,12,14H,2,4,6,8,17H2,(H,18,20)(H,19,21)/t12-,14-/m1/s1. The summed E-state index contributed by atoms with van der Waals surface area (Å²) in [6, 6.07) is 8.65. The number of hydrogen-bond donors (Lipinski definition) is 3. The van der Waals surface area contributed by atoms with Gasteiger partial charge in [-0.15, -0.1) is 0 Å². The van der Waals surface area contributed by atoms with E-state index in [4.69, 9.17) is 5.73 Å². The van der Waals surface area contributed by atoms with Gasteiger partial charge >= 0.3 is 0 Å². The summed E-state index contributed by atoms with van der Waals surface area (Å²) in [4.78, 5) is 26.9. The van der Waals surface area contributed by atoms with Crippen LogP contribution in [0.2, 0.25) is 0 Å². The quantitative estimate of drug-likeness (QED) is 0.782. The van der Waals surface area contributed by atoms with Gasteiger partial charge in [-0.25, -0.2) is 0 Å². The molecular weight excluding hydrogens is 266 g/mol. The largest absolute Gasteiger partial charge is 0.348 e. The van der Waals surface area contributed by atoms with Crippen molar-refractivity contribution in [3.8, 4) is 0 Å². The molecule has 3 rings (SSSR count). The molecule has 1 heterocycles. The molecule has 0 aliphatic heterocycles. The van der Waals surface area contributed by atoms with Crippen molar-refractivity contribution in [2.24, 2.45) is 5.73 Å². The average molecular weight is 285 g/mol. The Hall–Kier alpha value is -2.14. The Bertz CT molecular complexity index is 723. The van der Waals surface area contributed by atoms with Crippen molar-refractivity contribution in [1.29, 1.82) is 0 Å². The number of carbonyl (C=O) groups is 1. The van der Waals surface area contributed by atoms with Crippen LogP contribution in [0.25, 0.3) is 10.9 Å². The second-order valence-electron chi connectivity index (χ2n) is 5.62. The zero-order valence-electron chi connectivity index (χ0n) is 11.8. The molecule has 2 atom stereocenters. The monoisotopic (exact) mass is 285 g/mol. The minimum atomic E-state index is -0.271. The molecule has 4 N–H and O–H groups in total. The number of nitrogens with two attached hydrogens (primary N) is 1. The summed E-state index contributed by atoms with van der Waals surface area (Å²) >= 11 is 0. The number of aromatic nitrogens is 1. The Labute approximate surface area is 122 Å². The predicted molar refractivity (Wildman–Crippen MR) is 82.3 cm³/mol. The van der Waals surface area contributed by atoms with Gasteiger partial charge in [0.25, 0.3) is 5.91 Å². The van der Waals surface area contributed by atoms with Crippen molar-refractivity contribution in [1.82, 2.24) is 10.3 Å². The average Bonchev–Trinajstić information content (AvgIpc) is 2.48. The van der Waals surface area contributed by atoms with Gasteiger partial charge in [0.05, 0.1) is 5.56 Å². The van der Waals surface area contributed by atoms with Gasteiger partial charge in [0.2, 0.25) is 5.56 Å². The Morgan fingerprint density at radius 3 is 2.81 bits per heavy atom. The topological polar surface area (TPSA) is 88.0 Å². The van der Waals surface area contributed by atoms with Gasteiger partial charge in [-0.05, 0) is 18.9 Å². The molecule has 1 fully saturated rings. The van der Waals surface area contributed by atoms with Gasteiger partial charge in [-0.3, -0.25) is 9.59 Å². The normalized spacial score (nSPS) is 22.1. The number of rotatable bonds is 2. The van der Waals surface area contributed by atoms with Crippen molar-refractivity contribution >= 4 is 16.8 Å². The predicted octanol–water partition coefficient (Wildman–Crippen LogP) is 1.53. The summed E-state index contributed by atoms with van der Waals surface area (Å²) in [5.74, 6) is -0.223. The van der Waals surface area contributed by atoms with Gasteiger partial charge in [0, 0.05) is 29.1 Å². The lowest BCUT2D eigenvalue weighted by Crippen LogP contribution is -2.49. The first-order valence-corrected chi connectivity index (χ1v) is 7.33. The van der Waals surface area contributed by atoms with Crippen LogP contribution in [-0.2, 0) is 0 Å². The van der Waals surface area contributed by atoms with Crippen LogP contribution in [0.3, 0.4) is 0 Å². The maximum absolute atomic E-state index is 12.5. The molecule has 2 aromatic rings. The molecule has 0 bridgehead atoms. The van der Waals surface area contributed by atoms with Crippen LogP contribution in [0, 0.1) is 0 Å². The number of fused-ring (bicyclic) bond motifs is 1. The Balaban J connectivity index is 1.92. The third kappa shape index (κ3) is 2.83. The maximum Gasteiger partial charge on any atom is 0.252 e. The van der Waals surface area contributed by atoms with Crippen LogP contribution in [0.15, 0.2) is 35.1 Å². The number of hydrogen-bond acceptors (Lipinski definition) is 3. The summed E-state index contributed by atoms with van der Waals surface area (Å²) < 4.78 is 0. The van der Waals surface area contributed by atoms with E-state index in [-0.39, 0.29) is 23.6 Å². The van der Waals surface area contributed by atoms with E-state index in [0.717, 1.165) is 31.1 Å². The van der Waals surface area contributed by atoms with Crippen LogP contribution in [0.4, 0.5) is 0 Å². The maximum atomic E-state index is 12.5. The lowest BCUT2D eigenvalue weighted by molar-refractivity contribution is 0.0923. The lowest BCUT2D eigenvalue weighted by atomic mass is 9.91. The molecule has 1 aliphatic carbocycles. The highest BCUT2D eigenvalue weighted by Crippen LogP contribution is 2.19. The van der Waals surface area contributed by atoms with Gasteiger partial charge in [0.1, 0.15) is 0 Å². The fourth-order valence-electron chi connectivity index (χ4n) is 2.98. The van der Waals surface area contributed by atoms with Crippen molar-refractivity contribution in [3.05, 3.63) is 46.2 Å². The first kappa shape index (κ1) is 13.8. The molecule has 21 heavy (non-hydrogen) atoms. The highest BCUT2D eigenvalue weighted by atomic mass is 16.2. The Morgan fingerprint density at radius 1 is 1.24 bits per heavy atom. The molecule has 1 amide bonds. The van der Waals surface area contributed by atoms with E-state index < -0.39 is 0 Å². The number of aromatic amines is 1. The molecular formula is C16H19N3O2. The first-order valence-electron chi connectivity index (χ1n) is 7.33. The zero-order valence-corrected chi connectivity index (χ0v) is 11.8. The van der Waals surface area contributed by atoms with E-state index in [0.29, 0.717) is 11.1 Å². The number of carbonyl (C=O) groups excluding carboxylic acids is 1. The number of amides is 1. The Morgan fingerprint density at radius 2 is 2.00 bits per heavy atom. The molecule has 5 nitrogen and oxygen atoms in total. The molecule has 0 unspecified atom stereocenters. The second kappa shape index (κ2) is 5.69. The summed E-state index contributed by atoms with van der Waals surface area (Å²) in [6.07, 6.45) is 4.02. The van der Waals surface area contributed by atoms with Crippen LogP contribution in [0.5, 0.6) is 0 Å². The fourth-order valence-corrected chi connectivity index (χ4v) is 2.98. The SMILES string of the molecule is N[C@@H]1CCCC[C@H]1NC(=O)c1cc(=O)[nH]c2ccccc12. The van der Waals surface area contributed by atoms with E-state index in [2.05, 4.69) is 10.3 Å². The molecule has 1 aliphatic rings. The van der Waals surface area contributed by atoms with E-state index >= 15 is 0 Å². The van der Waals surface area contributed by atoms with E-state index in [1.165, 1.54) is 6.07 Å². The Kier molecular flexibility index (Phi) is 3.75. The number of pyridine rings is 1. The molecule has 0 saturated heterocycles. The number of H-pyrrole nitrogens is 1. The number of benzene rings is 1. The zero-order chi connectivity index (χ0) is 14.8. The fraction of sp³-hybridized carbons (Fsp3) is 0.375. The van der Waals surface area contributed by atoms with Gasteiger partial charge < -0.3 is 16.0 Å². The molecule has 1 aromatic carbocycles.